The normalized spacial score (nSPS) is 13.5. The predicted molar refractivity (Wildman–Crippen MR) is 99.1 cm³/mol. The average Bonchev–Trinajstić information content (AvgIpc) is 2.57. The van der Waals surface area contributed by atoms with E-state index in [-0.39, 0.29) is 18.1 Å². The highest BCUT2D eigenvalue weighted by molar-refractivity contribution is 5.73. The molecule has 1 aromatic rings. The number of carbonyl (C=O) groups excluding carboxylic acids is 1. The molecule has 0 radical (unpaired) electrons. The Morgan fingerprint density at radius 2 is 1.83 bits per heavy atom. The number of hydrogen-bond donors (Lipinski definition) is 3. The highest BCUT2D eigenvalue weighted by Crippen LogP contribution is 2.14. The zero-order valence-electron chi connectivity index (χ0n) is 15.5. The van der Waals surface area contributed by atoms with Gasteiger partial charge in [0.2, 0.25) is 0 Å². The van der Waals surface area contributed by atoms with Gasteiger partial charge >= 0.3 is 6.03 Å². The minimum Gasteiger partial charge on any atom is -0.385 e. The number of hydrogen-bond acceptors (Lipinski definition) is 3. The third-order valence-corrected chi connectivity index (χ3v) is 3.86. The SMILES string of the molecule is COCCCNC(=O)NCC(CC(C)C)NC(C)c1ccccc1. The second kappa shape index (κ2) is 11.9. The first-order valence-electron chi connectivity index (χ1n) is 8.84. The largest absolute Gasteiger partial charge is 0.385 e. The highest BCUT2D eigenvalue weighted by atomic mass is 16.5. The molecule has 24 heavy (non-hydrogen) atoms. The summed E-state index contributed by atoms with van der Waals surface area (Å²) in [5.74, 6) is 0.567. The zero-order chi connectivity index (χ0) is 17.8. The van der Waals surface area contributed by atoms with Gasteiger partial charge in [-0.1, -0.05) is 44.2 Å². The van der Waals surface area contributed by atoms with Crippen LogP contribution >= 0.6 is 0 Å². The third kappa shape index (κ3) is 8.89. The Labute approximate surface area is 146 Å². The van der Waals surface area contributed by atoms with E-state index in [0.29, 0.717) is 25.6 Å². The summed E-state index contributed by atoms with van der Waals surface area (Å²) in [5.41, 5.74) is 1.26. The van der Waals surface area contributed by atoms with Gasteiger partial charge in [0.15, 0.2) is 0 Å². The second-order valence-electron chi connectivity index (χ2n) is 6.61. The predicted octanol–water partition coefficient (Wildman–Crippen LogP) is 3.09. The van der Waals surface area contributed by atoms with Gasteiger partial charge < -0.3 is 20.7 Å². The summed E-state index contributed by atoms with van der Waals surface area (Å²) in [7, 11) is 1.66. The van der Waals surface area contributed by atoms with E-state index in [2.05, 4.69) is 61.0 Å². The van der Waals surface area contributed by atoms with Gasteiger partial charge in [-0.3, -0.25) is 0 Å². The number of nitrogens with one attached hydrogen (secondary N) is 3. The maximum absolute atomic E-state index is 11.9. The number of ether oxygens (including phenoxy) is 1. The molecule has 0 aliphatic rings. The van der Waals surface area contributed by atoms with Gasteiger partial charge in [-0.2, -0.15) is 0 Å². The molecule has 5 heteroatoms. The second-order valence-corrected chi connectivity index (χ2v) is 6.61. The van der Waals surface area contributed by atoms with Crippen molar-refractivity contribution in [2.24, 2.45) is 5.92 Å². The van der Waals surface area contributed by atoms with E-state index in [4.69, 9.17) is 4.74 Å². The molecule has 2 unspecified atom stereocenters. The van der Waals surface area contributed by atoms with E-state index in [1.807, 2.05) is 6.07 Å². The Hall–Kier alpha value is -1.59. The summed E-state index contributed by atoms with van der Waals surface area (Å²) in [4.78, 5) is 11.9. The molecule has 0 aliphatic carbocycles. The molecular weight excluding hydrogens is 302 g/mol. The lowest BCUT2D eigenvalue weighted by Crippen LogP contribution is -2.46. The van der Waals surface area contributed by atoms with Crippen LogP contribution in [-0.2, 0) is 4.74 Å². The van der Waals surface area contributed by atoms with Gasteiger partial charge in [-0.05, 0) is 31.2 Å². The van der Waals surface area contributed by atoms with Crippen LogP contribution in [0.4, 0.5) is 4.79 Å². The maximum Gasteiger partial charge on any atom is 0.314 e. The summed E-state index contributed by atoms with van der Waals surface area (Å²) < 4.78 is 4.97. The van der Waals surface area contributed by atoms with Crippen molar-refractivity contribution in [3.05, 3.63) is 35.9 Å². The van der Waals surface area contributed by atoms with Crippen molar-refractivity contribution in [1.82, 2.24) is 16.0 Å². The van der Waals surface area contributed by atoms with E-state index in [9.17, 15) is 4.79 Å². The average molecular weight is 335 g/mol. The van der Waals surface area contributed by atoms with Crippen LogP contribution in [0.25, 0.3) is 0 Å². The minimum atomic E-state index is -0.117. The fraction of sp³-hybridized carbons (Fsp3) is 0.632. The molecule has 3 N–H and O–H groups in total. The molecule has 0 saturated carbocycles. The van der Waals surface area contributed by atoms with Crippen molar-refractivity contribution in [3.8, 4) is 0 Å². The van der Waals surface area contributed by atoms with Crippen LogP contribution in [0.15, 0.2) is 30.3 Å². The molecular formula is C19H33N3O2. The minimum absolute atomic E-state index is 0.117. The van der Waals surface area contributed by atoms with Crippen LogP contribution in [-0.4, -0.2) is 38.9 Å². The fourth-order valence-electron chi connectivity index (χ4n) is 2.67. The van der Waals surface area contributed by atoms with Gasteiger partial charge in [0.05, 0.1) is 0 Å². The summed E-state index contributed by atoms with van der Waals surface area (Å²) >= 11 is 0. The monoisotopic (exact) mass is 335 g/mol. The maximum atomic E-state index is 11.9. The molecule has 0 fully saturated rings. The summed E-state index contributed by atoms with van der Waals surface area (Å²) in [5, 5.41) is 9.46. The smallest absolute Gasteiger partial charge is 0.314 e. The Bertz CT molecular complexity index is 451. The standard InChI is InChI=1S/C19H33N3O2/c1-15(2)13-18(14-21-19(23)20-11-8-12-24-4)22-16(3)17-9-6-5-7-10-17/h5-7,9-10,15-16,18,22H,8,11-14H2,1-4H3,(H2,20,21,23). The summed E-state index contributed by atoms with van der Waals surface area (Å²) in [6, 6.07) is 10.8. The molecule has 0 aliphatic heterocycles. The van der Waals surface area contributed by atoms with Crippen molar-refractivity contribution in [1.29, 1.82) is 0 Å². The molecule has 0 bridgehead atoms. The van der Waals surface area contributed by atoms with Crippen molar-refractivity contribution in [2.75, 3.05) is 26.8 Å². The van der Waals surface area contributed by atoms with Gasteiger partial charge in [0.1, 0.15) is 0 Å². The van der Waals surface area contributed by atoms with Crippen LogP contribution in [0, 0.1) is 5.92 Å². The third-order valence-electron chi connectivity index (χ3n) is 3.86. The Morgan fingerprint density at radius 3 is 2.46 bits per heavy atom. The Morgan fingerprint density at radius 1 is 1.12 bits per heavy atom. The van der Waals surface area contributed by atoms with Crippen molar-refractivity contribution in [2.45, 2.75) is 45.7 Å². The number of methoxy groups -OCH3 is 1. The van der Waals surface area contributed by atoms with E-state index < -0.39 is 0 Å². The number of urea groups is 1. The van der Waals surface area contributed by atoms with E-state index in [0.717, 1.165) is 12.8 Å². The molecule has 1 aromatic carbocycles. The summed E-state index contributed by atoms with van der Waals surface area (Å²) in [6.45, 7) is 8.47. The first kappa shape index (κ1) is 20.5. The van der Waals surface area contributed by atoms with Crippen LogP contribution in [0.2, 0.25) is 0 Å². The Kier molecular flexibility index (Phi) is 10.1. The van der Waals surface area contributed by atoms with Gasteiger partial charge in [-0.15, -0.1) is 0 Å². The van der Waals surface area contributed by atoms with Gasteiger partial charge in [0, 0.05) is 38.9 Å². The van der Waals surface area contributed by atoms with Crippen molar-refractivity contribution in [3.63, 3.8) is 0 Å². The van der Waals surface area contributed by atoms with Gasteiger partial charge in [0.25, 0.3) is 0 Å². The topological polar surface area (TPSA) is 62.4 Å². The van der Waals surface area contributed by atoms with Crippen LogP contribution < -0.4 is 16.0 Å². The molecule has 0 aromatic heterocycles. The fourth-order valence-corrected chi connectivity index (χ4v) is 2.67. The molecule has 5 nitrogen and oxygen atoms in total. The van der Waals surface area contributed by atoms with Crippen molar-refractivity contribution < 1.29 is 9.53 Å². The quantitative estimate of drug-likeness (QED) is 0.545. The highest BCUT2D eigenvalue weighted by Gasteiger charge is 2.15. The van der Waals surface area contributed by atoms with E-state index in [1.54, 1.807) is 7.11 Å². The number of benzene rings is 1. The zero-order valence-corrected chi connectivity index (χ0v) is 15.5. The number of carbonyl (C=O) groups is 1. The van der Waals surface area contributed by atoms with Crippen LogP contribution in [0.1, 0.15) is 45.2 Å². The molecule has 2 amide bonds. The molecule has 0 heterocycles. The van der Waals surface area contributed by atoms with E-state index >= 15 is 0 Å². The summed E-state index contributed by atoms with van der Waals surface area (Å²) in [6.07, 6.45) is 1.84. The Balaban J connectivity index is 2.43. The van der Waals surface area contributed by atoms with Gasteiger partial charge in [-0.25, -0.2) is 4.79 Å². The molecule has 136 valence electrons. The van der Waals surface area contributed by atoms with E-state index in [1.165, 1.54) is 5.56 Å². The number of rotatable bonds is 11. The lowest BCUT2D eigenvalue weighted by Gasteiger charge is -2.25. The molecule has 0 saturated heterocycles. The van der Waals surface area contributed by atoms with Crippen LogP contribution in [0.3, 0.4) is 0 Å². The lowest BCUT2D eigenvalue weighted by atomic mass is 10.0. The number of amides is 2. The molecule has 2 atom stereocenters. The first-order valence-corrected chi connectivity index (χ1v) is 8.84. The van der Waals surface area contributed by atoms with Crippen LogP contribution in [0.5, 0.6) is 0 Å². The van der Waals surface area contributed by atoms with Crippen molar-refractivity contribution >= 4 is 6.03 Å². The molecule has 1 rings (SSSR count). The lowest BCUT2D eigenvalue weighted by molar-refractivity contribution is 0.193. The molecule has 0 spiro atoms. The first-order chi connectivity index (χ1) is 11.5.